The number of ether oxygens (including phenoxy) is 1. The lowest BCUT2D eigenvalue weighted by Crippen LogP contribution is -2.41. The molecule has 4 rings (SSSR count). The van der Waals surface area contributed by atoms with E-state index in [0.29, 0.717) is 16.6 Å². The van der Waals surface area contributed by atoms with Crippen molar-refractivity contribution in [3.05, 3.63) is 78.4 Å². The predicted octanol–water partition coefficient (Wildman–Crippen LogP) is 4.02. The van der Waals surface area contributed by atoms with Crippen molar-refractivity contribution in [3.63, 3.8) is 0 Å². The van der Waals surface area contributed by atoms with Gasteiger partial charge in [0, 0.05) is 17.3 Å². The molecule has 1 amide bonds. The Kier molecular flexibility index (Phi) is 7.33. The first kappa shape index (κ1) is 24.2. The number of rotatable bonds is 10. The second-order valence-electron chi connectivity index (χ2n) is 7.90. The van der Waals surface area contributed by atoms with E-state index in [1.807, 2.05) is 48.5 Å². The van der Waals surface area contributed by atoms with Crippen molar-refractivity contribution < 1.29 is 32.3 Å². The van der Waals surface area contributed by atoms with Crippen LogP contribution in [0.5, 0.6) is 0 Å². The van der Waals surface area contributed by atoms with Gasteiger partial charge >= 0.3 is 12.1 Å². The van der Waals surface area contributed by atoms with Gasteiger partial charge in [-0.3, -0.25) is 4.79 Å². The Morgan fingerprint density at radius 3 is 2.43 bits per heavy atom. The van der Waals surface area contributed by atoms with Gasteiger partial charge in [0.25, 0.3) is 0 Å². The Labute approximate surface area is 201 Å². The molecule has 0 bridgehead atoms. The van der Waals surface area contributed by atoms with Crippen molar-refractivity contribution >= 4 is 44.0 Å². The highest BCUT2D eigenvalue weighted by atomic mass is 32.2. The fourth-order valence-corrected chi connectivity index (χ4v) is 4.88. The minimum atomic E-state index is -4.12. The third-order valence-corrected chi connectivity index (χ3v) is 6.88. The lowest BCUT2D eigenvalue weighted by Gasteiger charge is -2.15. The van der Waals surface area contributed by atoms with E-state index < -0.39 is 28.1 Å². The molecule has 0 aliphatic rings. The zero-order valence-electron chi connectivity index (χ0n) is 18.6. The summed E-state index contributed by atoms with van der Waals surface area (Å²) >= 11 is 0. The molecule has 182 valence electrons. The third-order valence-electron chi connectivity index (χ3n) is 5.41. The molecule has 9 nitrogen and oxygen atoms in total. The largest absolute Gasteiger partial charge is 0.480 e. The fourth-order valence-electron chi connectivity index (χ4n) is 3.63. The molecule has 1 aromatic heterocycles. The first-order valence-electron chi connectivity index (χ1n) is 10.9. The Bertz CT molecular complexity index is 1450. The Balaban J connectivity index is 1.34. The van der Waals surface area contributed by atoms with Crippen LogP contribution < -0.4 is 10.0 Å². The van der Waals surface area contributed by atoms with Crippen molar-refractivity contribution in [1.29, 1.82) is 0 Å². The highest BCUT2D eigenvalue weighted by molar-refractivity contribution is 7.89. The van der Waals surface area contributed by atoms with Crippen LogP contribution in [0.1, 0.15) is 18.4 Å². The molecule has 1 heterocycles. The number of nitrogens with one attached hydrogen (secondary N) is 2. The van der Waals surface area contributed by atoms with Crippen molar-refractivity contribution in [2.75, 3.05) is 6.54 Å². The second-order valence-corrected chi connectivity index (χ2v) is 9.61. The highest BCUT2D eigenvalue weighted by Gasteiger charge is 2.26. The van der Waals surface area contributed by atoms with Gasteiger partial charge in [-0.25, -0.2) is 13.2 Å². The lowest BCUT2D eigenvalue weighted by atomic mass is 10.1. The standard InChI is InChI=1S/C25H24N2O7S/c28-24(29)21(10-6-14-26-25(30)33-16-17-7-2-1-3-8-17)27-35(31,32)18-12-13-23-20(15-18)19-9-4-5-11-22(19)34-23/h1-5,7-9,11-13,15,21,27H,6,10,14,16H2,(H,26,30)(H,28,29). The molecule has 1 unspecified atom stereocenters. The Morgan fingerprint density at radius 2 is 1.66 bits per heavy atom. The smallest absolute Gasteiger partial charge is 0.407 e. The van der Waals surface area contributed by atoms with E-state index in [1.165, 1.54) is 12.1 Å². The van der Waals surface area contributed by atoms with E-state index in [-0.39, 0.29) is 30.9 Å². The molecule has 0 aliphatic heterocycles. The van der Waals surface area contributed by atoms with Crippen molar-refractivity contribution in [2.24, 2.45) is 0 Å². The zero-order chi connectivity index (χ0) is 24.8. The molecule has 0 saturated heterocycles. The third kappa shape index (κ3) is 5.97. The highest BCUT2D eigenvalue weighted by Crippen LogP contribution is 2.30. The van der Waals surface area contributed by atoms with Gasteiger partial charge < -0.3 is 19.6 Å². The molecule has 1 atom stereocenters. The van der Waals surface area contributed by atoms with Crippen LogP contribution in [0.3, 0.4) is 0 Å². The summed E-state index contributed by atoms with van der Waals surface area (Å²) < 4.78 is 38.9. The van der Waals surface area contributed by atoms with E-state index in [2.05, 4.69) is 10.0 Å². The number of hydrogen-bond acceptors (Lipinski definition) is 6. The molecule has 0 aliphatic carbocycles. The van der Waals surface area contributed by atoms with Crippen LogP contribution in [0.2, 0.25) is 0 Å². The summed E-state index contributed by atoms with van der Waals surface area (Å²) in [6.07, 6.45) is -0.433. The molecule has 3 aromatic carbocycles. The number of benzene rings is 3. The van der Waals surface area contributed by atoms with Crippen molar-refractivity contribution in [2.45, 2.75) is 30.4 Å². The predicted molar refractivity (Wildman–Crippen MR) is 129 cm³/mol. The molecule has 0 saturated carbocycles. The number of hydrogen-bond donors (Lipinski definition) is 3. The van der Waals surface area contributed by atoms with Gasteiger partial charge in [-0.1, -0.05) is 48.5 Å². The Morgan fingerprint density at radius 1 is 0.943 bits per heavy atom. The summed E-state index contributed by atoms with van der Waals surface area (Å²) in [6, 6.07) is 19.4. The van der Waals surface area contributed by atoms with Crippen molar-refractivity contribution in [1.82, 2.24) is 10.0 Å². The van der Waals surface area contributed by atoms with Gasteiger partial charge in [0.05, 0.1) is 4.90 Å². The monoisotopic (exact) mass is 496 g/mol. The van der Waals surface area contributed by atoms with E-state index in [9.17, 15) is 23.1 Å². The lowest BCUT2D eigenvalue weighted by molar-refractivity contribution is -0.139. The number of alkyl carbamates (subject to hydrolysis) is 1. The SMILES string of the molecule is O=C(NCCCC(NS(=O)(=O)c1ccc2oc3ccccc3c2c1)C(=O)O)OCc1ccccc1. The van der Waals surface area contributed by atoms with Crippen LogP contribution in [-0.4, -0.2) is 38.2 Å². The fraction of sp³-hybridized carbons (Fsp3) is 0.200. The van der Waals surface area contributed by atoms with Crippen molar-refractivity contribution in [3.8, 4) is 0 Å². The maximum absolute atomic E-state index is 12.9. The summed E-state index contributed by atoms with van der Waals surface area (Å²) in [5.74, 6) is -1.31. The van der Waals surface area contributed by atoms with Gasteiger partial charge in [0.15, 0.2) is 0 Å². The maximum atomic E-state index is 12.9. The number of para-hydroxylation sites is 1. The molecule has 4 aromatic rings. The number of carbonyl (C=O) groups excluding carboxylic acids is 1. The number of furan rings is 1. The number of carboxylic acid groups (broad SMARTS) is 1. The molecular formula is C25H24N2O7S. The van der Waals surface area contributed by atoms with Gasteiger partial charge in [-0.05, 0) is 42.7 Å². The van der Waals surface area contributed by atoms with Gasteiger partial charge in [-0.15, -0.1) is 0 Å². The second kappa shape index (κ2) is 10.6. The first-order valence-corrected chi connectivity index (χ1v) is 12.4. The Hall–Kier alpha value is -3.89. The number of fused-ring (bicyclic) bond motifs is 3. The van der Waals surface area contributed by atoms with Gasteiger partial charge in [0.1, 0.15) is 23.8 Å². The molecule has 0 spiro atoms. The minimum absolute atomic E-state index is 0.0234. The average molecular weight is 497 g/mol. The molecule has 35 heavy (non-hydrogen) atoms. The van der Waals surface area contributed by atoms with Crippen LogP contribution in [0, 0.1) is 0 Å². The molecule has 0 fully saturated rings. The van der Waals surface area contributed by atoms with Crippen LogP contribution in [0.15, 0.2) is 82.1 Å². The van der Waals surface area contributed by atoms with Crippen LogP contribution >= 0.6 is 0 Å². The topological polar surface area (TPSA) is 135 Å². The van der Waals surface area contributed by atoms with Crippen LogP contribution in [0.4, 0.5) is 4.79 Å². The summed E-state index contributed by atoms with van der Waals surface area (Å²) in [5, 5.41) is 13.4. The number of carboxylic acids is 1. The summed E-state index contributed by atoms with van der Waals surface area (Å²) in [7, 11) is -4.12. The zero-order valence-corrected chi connectivity index (χ0v) is 19.5. The number of amides is 1. The summed E-state index contributed by atoms with van der Waals surface area (Å²) in [4.78, 5) is 23.4. The number of carbonyl (C=O) groups is 2. The number of aliphatic carboxylic acids is 1. The van der Waals surface area contributed by atoms with E-state index in [0.717, 1.165) is 10.9 Å². The summed E-state index contributed by atoms with van der Waals surface area (Å²) in [6.45, 7) is 0.243. The minimum Gasteiger partial charge on any atom is -0.480 e. The quantitative estimate of drug-likeness (QED) is 0.282. The van der Waals surface area contributed by atoms with Crippen LogP contribution in [0.25, 0.3) is 21.9 Å². The molecule has 10 heteroatoms. The molecular weight excluding hydrogens is 472 g/mol. The van der Waals surface area contributed by atoms with E-state index in [4.69, 9.17) is 9.15 Å². The van der Waals surface area contributed by atoms with Gasteiger partial charge in [-0.2, -0.15) is 4.72 Å². The first-order chi connectivity index (χ1) is 16.8. The maximum Gasteiger partial charge on any atom is 0.407 e. The average Bonchev–Trinajstić information content (AvgIpc) is 3.23. The summed E-state index contributed by atoms with van der Waals surface area (Å²) in [5.41, 5.74) is 2.00. The normalized spacial score (nSPS) is 12.5. The van der Waals surface area contributed by atoms with E-state index >= 15 is 0 Å². The van der Waals surface area contributed by atoms with Crippen LogP contribution in [-0.2, 0) is 26.2 Å². The molecule has 0 radical (unpaired) electrons. The number of sulfonamides is 1. The molecule has 3 N–H and O–H groups in total. The van der Waals surface area contributed by atoms with Gasteiger partial charge in [0.2, 0.25) is 10.0 Å². The van der Waals surface area contributed by atoms with E-state index in [1.54, 1.807) is 12.1 Å².